The highest BCUT2D eigenvalue weighted by molar-refractivity contribution is 5.76. The molecule has 0 aliphatic heterocycles. The molecule has 0 aromatic carbocycles. The summed E-state index contributed by atoms with van der Waals surface area (Å²) in [5, 5.41) is 0. The lowest BCUT2D eigenvalue weighted by atomic mass is 9.85. The topological polar surface area (TPSA) is 35.5 Å². The number of hydrogen-bond acceptors (Lipinski definition) is 3. The zero-order chi connectivity index (χ0) is 13.1. The van der Waals surface area contributed by atoms with Gasteiger partial charge in [-0.15, -0.1) is 0 Å². The Balaban J connectivity index is 3.26. The van der Waals surface area contributed by atoms with Crippen LogP contribution in [0.2, 0.25) is 0 Å². The van der Waals surface area contributed by atoms with E-state index in [-0.39, 0.29) is 12.4 Å². The lowest BCUT2D eigenvalue weighted by Crippen LogP contribution is -2.15. The van der Waals surface area contributed by atoms with E-state index in [1.807, 2.05) is 0 Å². The number of carbonyl (C=O) groups excluding carboxylic acids is 1. The van der Waals surface area contributed by atoms with Gasteiger partial charge in [0.05, 0.1) is 0 Å². The van der Waals surface area contributed by atoms with Crippen molar-refractivity contribution in [1.29, 1.82) is 0 Å². The van der Waals surface area contributed by atoms with Crippen molar-refractivity contribution in [2.24, 2.45) is 5.41 Å². The Labute approximate surface area is 106 Å². The molecule has 0 radical (unpaired) electrons. The average Bonchev–Trinajstić information content (AvgIpc) is 2.21. The molecule has 0 amide bonds. The Morgan fingerprint density at radius 2 is 1.71 bits per heavy atom. The van der Waals surface area contributed by atoms with Crippen LogP contribution in [0.1, 0.15) is 53.4 Å². The zero-order valence-electron chi connectivity index (χ0n) is 11.9. The highest BCUT2D eigenvalue weighted by Gasteiger charge is 2.15. The van der Waals surface area contributed by atoms with E-state index in [0.29, 0.717) is 12.0 Å². The first-order valence-corrected chi connectivity index (χ1v) is 6.63. The smallest absolute Gasteiger partial charge is 0.155 e. The molecule has 0 saturated carbocycles. The standard InChI is InChI=1S/C14H28O3/c1-5-7-14(3,4)8-11-16-9-6-10-17-12-13(2)15/h5-12H2,1-4H3. The van der Waals surface area contributed by atoms with E-state index < -0.39 is 0 Å². The molecule has 0 aliphatic carbocycles. The number of Topliss-reactive ketones (excluding diaryl/α,β-unsaturated/α-hetero) is 1. The average molecular weight is 244 g/mol. The summed E-state index contributed by atoms with van der Waals surface area (Å²) in [6.45, 7) is 10.7. The fourth-order valence-electron chi connectivity index (χ4n) is 1.73. The van der Waals surface area contributed by atoms with Crippen molar-refractivity contribution in [3.8, 4) is 0 Å². The number of ketones is 1. The minimum absolute atomic E-state index is 0.0761. The third-order valence-electron chi connectivity index (χ3n) is 2.73. The van der Waals surface area contributed by atoms with Gasteiger partial charge in [0.15, 0.2) is 5.78 Å². The monoisotopic (exact) mass is 244 g/mol. The van der Waals surface area contributed by atoms with E-state index in [0.717, 1.165) is 26.1 Å². The quantitative estimate of drug-likeness (QED) is 0.523. The summed E-state index contributed by atoms with van der Waals surface area (Å²) < 4.78 is 10.7. The summed E-state index contributed by atoms with van der Waals surface area (Å²) in [5.41, 5.74) is 0.389. The van der Waals surface area contributed by atoms with Gasteiger partial charge in [-0.25, -0.2) is 0 Å². The second-order valence-electron chi connectivity index (χ2n) is 5.38. The Bertz CT molecular complexity index is 200. The van der Waals surface area contributed by atoms with E-state index >= 15 is 0 Å². The van der Waals surface area contributed by atoms with Gasteiger partial charge in [-0.1, -0.05) is 27.2 Å². The molecule has 3 heteroatoms. The summed E-state index contributed by atoms with van der Waals surface area (Å²) in [4.78, 5) is 10.6. The fourth-order valence-corrected chi connectivity index (χ4v) is 1.73. The van der Waals surface area contributed by atoms with Crippen LogP contribution in [-0.2, 0) is 14.3 Å². The van der Waals surface area contributed by atoms with Gasteiger partial charge in [0.25, 0.3) is 0 Å². The van der Waals surface area contributed by atoms with Crippen LogP contribution in [0.5, 0.6) is 0 Å². The number of rotatable bonds is 11. The lowest BCUT2D eigenvalue weighted by molar-refractivity contribution is -0.121. The minimum Gasteiger partial charge on any atom is -0.381 e. The van der Waals surface area contributed by atoms with Gasteiger partial charge in [-0.3, -0.25) is 4.79 Å². The molecule has 0 aromatic rings. The Morgan fingerprint density at radius 3 is 2.29 bits per heavy atom. The predicted molar refractivity (Wildman–Crippen MR) is 70.2 cm³/mol. The van der Waals surface area contributed by atoms with Crippen LogP contribution in [0.3, 0.4) is 0 Å². The van der Waals surface area contributed by atoms with Crippen LogP contribution in [0, 0.1) is 5.41 Å². The van der Waals surface area contributed by atoms with Crippen LogP contribution in [0.4, 0.5) is 0 Å². The summed E-state index contributed by atoms with van der Waals surface area (Å²) in [5.74, 6) is 0.0761. The third-order valence-corrected chi connectivity index (χ3v) is 2.73. The first-order chi connectivity index (χ1) is 7.98. The van der Waals surface area contributed by atoms with Gasteiger partial charge in [0, 0.05) is 19.8 Å². The molecule has 0 N–H and O–H groups in total. The maximum atomic E-state index is 10.6. The second kappa shape index (κ2) is 9.60. The van der Waals surface area contributed by atoms with Gasteiger partial charge >= 0.3 is 0 Å². The third kappa shape index (κ3) is 11.8. The van der Waals surface area contributed by atoms with Crippen molar-refractivity contribution in [3.05, 3.63) is 0 Å². The molecule has 17 heavy (non-hydrogen) atoms. The van der Waals surface area contributed by atoms with Crippen LogP contribution in [0.25, 0.3) is 0 Å². The predicted octanol–water partition coefficient (Wildman–Crippen LogP) is 3.22. The van der Waals surface area contributed by atoms with Crippen LogP contribution in [0.15, 0.2) is 0 Å². The molecule has 102 valence electrons. The van der Waals surface area contributed by atoms with E-state index in [1.54, 1.807) is 0 Å². The van der Waals surface area contributed by atoms with E-state index in [1.165, 1.54) is 19.8 Å². The maximum absolute atomic E-state index is 10.6. The highest BCUT2D eigenvalue weighted by atomic mass is 16.5. The molecule has 0 saturated heterocycles. The molecule has 0 aromatic heterocycles. The molecule has 0 heterocycles. The first-order valence-electron chi connectivity index (χ1n) is 6.63. The Hall–Kier alpha value is -0.410. The summed E-state index contributed by atoms with van der Waals surface area (Å²) in [7, 11) is 0. The number of ether oxygens (including phenoxy) is 2. The lowest BCUT2D eigenvalue weighted by Gasteiger charge is -2.23. The van der Waals surface area contributed by atoms with Gasteiger partial charge in [-0.05, 0) is 31.6 Å². The van der Waals surface area contributed by atoms with Gasteiger partial charge in [0.1, 0.15) is 6.61 Å². The summed E-state index contributed by atoms with van der Waals surface area (Å²) in [6.07, 6.45) is 4.45. The normalized spacial score (nSPS) is 11.8. The first kappa shape index (κ1) is 16.6. The van der Waals surface area contributed by atoms with Crippen molar-refractivity contribution in [2.75, 3.05) is 26.4 Å². The maximum Gasteiger partial charge on any atom is 0.155 e. The Morgan fingerprint density at radius 1 is 1.06 bits per heavy atom. The van der Waals surface area contributed by atoms with Crippen molar-refractivity contribution < 1.29 is 14.3 Å². The van der Waals surface area contributed by atoms with Crippen LogP contribution in [-0.4, -0.2) is 32.2 Å². The van der Waals surface area contributed by atoms with E-state index in [4.69, 9.17) is 9.47 Å². The Kier molecular flexibility index (Phi) is 9.37. The number of hydrogen-bond donors (Lipinski definition) is 0. The van der Waals surface area contributed by atoms with Gasteiger partial charge in [-0.2, -0.15) is 0 Å². The second-order valence-corrected chi connectivity index (χ2v) is 5.38. The summed E-state index contributed by atoms with van der Waals surface area (Å²) >= 11 is 0. The van der Waals surface area contributed by atoms with Crippen molar-refractivity contribution in [1.82, 2.24) is 0 Å². The molecular formula is C14H28O3. The minimum atomic E-state index is 0.0761. The molecule has 0 fully saturated rings. The SMILES string of the molecule is CCCC(C)(C)CCOCCCOCC(C)=O. The van der Waals surface area contributed by atoms with Crippen molar-refractivity contribution in [3.63, 3.8) is 0 Å². The zero-order valence-corrected chi connectivity index (χ0v) is 11.9. The molecule has 0 unspecified atom stereocenters. The molecule has 0 atom stereocenters. The van der Waals surface area contributed by atoms with E-state index in [2.05, 4.69) is 20.8 Å². The molecule has 3 nitrogen and oxygen atoms in total. The summed E-state index contributed by atoms with van der Waals surface area (Å²) in [6, 6.07) is 0. The molecule has 0 rings (SSSR count). The van der Waals surface area contributed by atoms with Crippen molar-refractivity contribution in [2.45, 2.75) is 53.4 Å². The van der Waals surface area contributed by atoms with Gasteiger partial charge < -0.3 is 9.47 Å². The molecule has 0 bridgehead atoms. The van der Waals surface area contributed by atoms with Crippen LogP contribution >= 0.6 is 0 Å². The largest absolute Gasteiger partial charge is 0.381 e. The molecular weight excluding hydrogens is 216 g/mol. The fraction of sp³-hybridized carbons (Fsp3) is 0.929. The van der Waals surface area contributed by atoms with Crippen LogP contribution < -0.4 is 0 Å². The molecule has 0 spiro atoms. The van der Waals surface area contributed by atoms with Crippen molar-refractivity contribution >= 4 is 5.78 Å². The molecule has 0 aliphatic rings. The van der Waals surface area contributed by atoms with E-state index in [9.17, 15) is 4.79 Å². The number of carbonyl (C=O) groups is 1. The highest BCUT2D eigenvalue weighted by Crippen LogP contribution is 2.26. The van der Waals surface area contributed by atoms with Gasteiger partial charge in [0.2, 0.25) is 0 Å².